The molecular weight excluding hydrogens is 414 g/mol. The van der Waals surface area contributed by atoms with E-state index in [0.717, 1.165) is 62.3 Å². The monoisotopic (exact) mass is 449 g/mol. The Morgan fingerprint density at radius 2 is 1.94 bits per heavy atom. The summed E-state index contributed by atoms with van der Waals surface area (Å²) in [5, 5.41) is 9.68. The zero-order chi connectivity index (χ0) is 23.0. The average molecular weight is 450 g/mol. The van der Waals surface area contributed by atoms with Gasteiger partial charge in [-0.2, -0.15) is 0 Å². The van der Waals surface area contributed by atoms with Crippen LogP contribution in [0.3, 0.4) is 0 Å². The predicted octanol–water partition coefficient (Wildman–Crippen LogP) is 2.40. The quantitative estimate of drug-likeness (QED) is 0.445. The lowest BCUT2D eigenvalue weighted by Crippen LogP contribution is -2.46. The van der Waals surface area contributed by atoms with Gasteiger partial charge in [0.05, 0.1) is 6.54 Å². The van der Waals surface area contributed by atoms with E-state index in [1.165, 1.54) is 5.56 Å². The predicted molar refractivity (Wildman–Crippen MR) is 134 cm³/mol. The Labute approximate surface area is 196 Å². The molecule has 8 nitrogen and oxygen atoms in total. The first-order valence-electron chi connectivity index (χ1n) is 12.0. The number of pyridine rings is 1. The third-order valence-corrected chi connectivity index (χ3v) is 6.34. The van der Waals surface area contributed by atoms with Crippen molar-refractivity contribution in [1.82, 2.24) is 20.5 Å². The van der Waals surface area contributed by atoms with Gasteiger partial charge >= 0.3 is 0 Å². The van der Waals surface area contributed by atoms with E-state index < -0.39 is 0 Å². The minimum atomic E-state index is 0.0599. The van der Waals surface area contributed by atoms with Gasteiger partial charge in [0.25, 0.3) is 0 Å². The number of nitrogens with one attached hydrogen (secondary N) is 3. The van der Waals surface area contributed by atoms with Gasteiger partial charge in [-0.1, -0.05) is 31.2 Å². The van der Waals surface area contributed by atoms with Gasteiger partial charge in [-0.15, -0.1) is 0 Å². The molecule has 1 aromatic heterocycles. The number of hydrogen-bond acceptors (Lipinski definition) is 5. The summed E-state index contributed by atoms with van der Waals surface area (Å²) < 4.78 is 0. The van der Waals surface area contributed by atoms with E-state index in [2.05, 4.69) is 62.8 Å². The summed E-state index contributed by atoms with van der Waals surface area (Å²) in [7, 11) is 0. The van der Waals surface area contributed by atoms with Crippen LogP contribution in [0.15, 0.2) is 47.6 Å². The van der Waals surface area contributed by atoms with E-state index >= 15 is 0 Å². The molecule has 1 aromatic carbocycles. The molecule has 1 saturated heterocycles. The van der Waals surface area contributed by atoms with Gasteiger partial charge in [0.2, 0.25) is 5.91 Å². The molecule has 0 aliphatic carbocycles. The number of aliphatic imine (C=N–C) groups is 1. The van der Waals surface area contributed by atoms with Crippen LogP contribution in [0.5, 0.6) is 0 Å². The first-order chi connectivity index (χ1) is 16.2. The Hall–Kier alpha value is -3.13. The fraction of sp³-hybridized carbons (Fsp3) is 0.480. The number of carbonyl (C=O) groups excluding carboxylic acids is 1. The van der Waals surface area contributed by atoms with Crippen molar-refractivity contribution in [2.75, 3.05) is 56.0 Å². The van der Waals surface area contributed by atoms with E-state index in [4.69, 9.17) is 4.99 Å². The van der Waals surface area contributed by atoms with Crippen molar-refractivity contribution in [2.45, 2.75) is 32.7 Å². The standard InChI is InChI=1S/C25H35N7O/c1-3-26-25(29-18-20-15-24(33)30-22-8-6-5-7-21(20)22)28-17-19-9-10-23(27-16-19)32-13-11-31(4-2)12-14-32/h5-10,16,20H,3-4,11-15,17-18H2,1-2H3,(H,30,33)(H2,26,28,29). The molecular formula is C25H35N7O. The lowest BCUT2D eigenvalue weighted by Gasteiger charge is -2.34. The number of rotatable bonds is 7. The van der Waals surface area contributed by atoms with Crippen LogP contribution in [0.4, 0.5) is 11.5 Å². The number of aromatic nitrogens is 1. The van der Waals surface area contributed by atoms with Crippen LogP contribution in [0, 0.1) is 0 Å². The molecule has 176 valence electrons. The van der Waals surface area contributed by atoms with Crippen LogP contribution in [-0.4, -0.2) is 67.6 Å². The topological polar surface area (TPSA) is 84.9 Å². The van der Waals surface area contributed by atoms with Crippen molar-refractivity contribution >= 4 is 23.4 Å². The first kappa shape index (κ1) is 23.0. The fourth-order valence-corrected chi connectivity index (χ4v) is 4.41. The van der Waals surface area contributed by atoms with Gasteiger partial charge in [0.15, 0.2) is 5.96 Å². The molecule has 1 amide bonds. The number of hydrogen-bond donors (Lipinski definition) is 3. The molecule has 2 aromatic rings. The molecule has 2 aliphatic heterocycles. The van der Waals surface area contributed by atoms with Gasteiger partial charge in [0, 0.05) is 63.5 Å². The van der Waals surface area contributed by atoms with Gasteiger partial charge in [-0.05, 0) is 36.7 Å². The molecule has 33 heavy (non-hydrogen) atoms. The number of likely N-dealkylation sites (N-methyl/N-ethyl adjacent to an activating group) is 1. The largest absolute Gasteiger partial charge is 0.357 e. The van der Waals surface area contributed by atoms with Crippen LogP contribution < -0.4 is 20.9 Å². The maximum atomic E-state index is 12.1. The van der Waals surface area contributed by atoms with E-state index in [9.17, 15) is 4.79 Å². The zero-order valence-electron chi connectivity index (χ0n) is 19.7. The summed E-state index contributed by atoms with van der Waals surface area (Å²) in [4.78, 5) is 26.3. The van der Waals surface area contributed by atoms with E-state index in [0.29, 0.717) is 19.5 Å². The number of carbonyl (C=O) groups is 1. The van der Waals surface area contributed by atoms with Crippen molar-refractivity contribution in [1.29, 1.82) is 0 Å². The molecule has 0 radical (unpaired) electrons. The Balaban J connectivity index is 1.34. The van der Waals surface area contributed by atoms with Crippen LogP contribution >= 0.6 is 0 Å². The Morgan fingerprint density at radius 3 is 2.67 bits per heavy atom. The van der Waals surface area contributed by atoms with Crippen molar-refractivity contribution in [3.8, 4) is 0 Å². The molecule has 0 saturated carbocycles. The van der Waals surface area contributed by atoms with Crippen molar-refractivity contribution in [3.63, 3.8) is 0 Å². The first-order valence-corrected chi connectivity index (χ1v) is 12.0. The number of nitrogens with zero attached hydrogens (tertiary/aromatic N) is 4. The molecule has 3 N–H and O–H groups in total. The van der Waals surface area contributed by atoms with Crippen molar-refractivity contribution in [3.05, 3.63) is 53.7 Å². The summed E-state index contributed by atoms with van der Waals surface area (Å²) in [5.74, 6) is 1.97. The van der Waals surface area contributed by atoms with E-state index in [-0.39, 0.29) is 11.8 Å². The smallest absolute Gasteiger partial charge is 0.225 e. The summed E-state index contributed by atoms with van der Waals surface area (Å²) in [6, 6.07) is 12.2. The molecule has 4 rings (SSSR count). The minimum Gasteiger partial charge on any atom is -0.357 e. The van der Waals surface area contributed by atoms with E-state index in [1.54, 1.807) is 0 Å². The van der Waals surface area contributed by atoms with Gasteiger partial charge in [-0.25, -0.2) is 9.98 Å². The maximum absolute atomic E-state index is 12.1. The van der Waals surface area contributed by atoms with Gasteiger partial charge < -0.3 is 25.8 Å². The number of guanidine groups is 1. The number of piperazine rings is 1. The molecule has 2 aliphatic rings. The van der Waals surface area contributed by atoms with E-state index in [1.807, 2.05) is 24.4 Å². The molecule has 3 heterocycles. The van der Waals surface area contributed by atoms with Crippen LogP contribution in [-0.2, 0) is 11.3 Å². The number of amides is 1. The van der Waals surface area contributed by atoms with Crippen LogP contribution in [0.25, 0.3) is 0 Å². The summed E-state index contributed by atoms with van der Waals surface area (Å²) in [6.07, 6.45) is 2.40. The number of anilines is 2. The Kier molecular flexibility index (Phi) is 7.78. The molecule has 1 atom stereocenters. The normalized spacial score (nSPS) is 19.1. The molecule has 1 unspecified atom stereocenters. The summed E-state index contributed by atoms with van der Waals surface area (Å²) >= 11 is 0. The zero-order valence-corrected chi connectivity index (χ0v) is 19.7. The second kappa shape index (κ2) is 11.1. The highest BCUT2D eigenvalue weighted by atomic mass is 16.1. The summed E-state index contributed by atoms with van der Waals surface area (Å²) in [6.45, 7) is 11.6. The maximum Gasteiger partial charge on any atom is 0.225 e. The number of para-hydroxylation sites is 1. The molecule has 0 spiro atoms. The fourth-order valence-electron chi connectivity index (χ4n) is 4.41. The average Bonchev–Trinajstić information content (AvgIpc) is 2.86. The Morgan fingerprint density at radius 1 is 1.12 bits per heavy atom. The van der Waals surface area contributed by atoms with Gasteiger partial charge in [0.1, 0.15) is 5.82 Å². The third kappa shape index (κ3) is 6.01. The highest BCUT2D eigenvalue weighted by molar-refractivity contribution is 5.94. The van der Waals surface area contributed by atoms with Crippen LogP contribution in [0.1, 0.15) is 37.3 Å². The lowest BCUT2D eigenvalue weighted by molar-refractivity contribution is -0.116. The second-order valence-corrected chi connectivity index (χ2v) is 8.56. The van der Waals surface area contributed by atoms with Gasteiger partial charge in [-0.3, -0.25) is 4.79 Å². The van der Waals surface area contributed by atoms with Crippen molar-refractivity contribution < 1.29 is 4.79 Å². The minimum absolute atomic E-state index is 0.0599. The number of fused-ring (bicyclic) bond motifs is 1. The molecule has 1 fully saturated rings. The second-order valence-electron chi connectivity index (χ2n) is 8.56. The number of benzene rings is 1. The third-order valence-electron chi connectivity index (χ3n) is 6.34. The summed E-state index contributed by atoms with van der Waals surface area (Å²) in [5.41, 5.74) is 3.15. The Bertz CT molecular complexity index is 951. The highest BCUT2D eigenvalue weighted by Crippen LogP contribution is 2.31. The lowest BCUT2D eigenvalue weighted by atomic mass is 9.90. The SMILES string of the molecule is CCNC(=NCc1ccc(N2CCN(CC)CC2)nc1)NCC1CC(=O)Nc2ccccc21. The molecule has 0 bridgehead atoms. The molecule has 8 heteroatoms. The van der Waals surface area contributed by atoms with Crippen LogP contribution in [0.2, 0.25) is 0 Å². The van der Waals surface area contributed by atoms with Crippen molar-refractivity contribution in [2.24, 2.45) is 4.99 Å². The highest BCUT2D eigenvalue weighted by Gasteiger charge is 2.24.